The van der Waals surface area contributed by atoms with Crippen LogP contribution in [0.5, 0.6) is 23.0 Å². The fourth-order valence-corrected chi connectivity index (χ4v) is 4.08. The third-order valence-corrected chi connectivity index (χ3v) is 5.50. The van der Waals surface area contributed by atoms with Crippen molar-refractivity contribution in [2.45, 2.75) is 26.7 Å². The molecule has 4 rings (SSSR count). The van der Waals surface area contributed by atoms with Gasteiger partial charge in [-0.1, -0.05) is 24.3 Å². The zero-order chi connectivity index (χ0) is 24.9. The van der Waals surface area contributed by atoms with Crippen LogP contribution in [-0.4, -0.2) is 19.2 Å². The Morgan fingerprint density at radius 1 is 0.971 bits per heavy atom. The summed E-state index contributed by atoms with van der Waals surface area (Å²) < 4.78 is 22.3. The first kappa shape index (κ1) is 23.7. The van der Waals surface area contributed by atoms with Crippen molar-refractivity contribution in [1.29, 1.82) is 5.26 Å². The molecule has 0 amide bonds. The molecule has 1 aliphatic heterocycles. The van der Waals surface area contributed by atoms with Gasteiger partial charge in [0.15, 0.2) is 6.61 Å². The predicted octanol–water partition coefficient (Wildman–Crippen LogP) is 4.90. The van der Waals surface area contributed by atoms with Crippen LogP contribution in [-0.2, 0) is 4.79 Å². The highest BCUT2D eigenvalue weighted by atomic mass is 16.6. The van der Waals surface area contributed by atoms with E-state index >= 15 is 0 Å². The number of fused-ring (bicyclic) bond motifs is 1. The van der Waals surface area contributed by atoms with Crippen molar-refractivity contribution in [3.63, 3.8) is 0 Å². The lowest BCUT2D eigenvalue weighted by atomic mass is 9.83. The number of nitrogens with zero attached hydrogens (tertiary/aromatic N) is 1. The third-order valence-electron chi connectivity index (χ3n) is 5.50. The van der Waals surface area contributed by atoms with Crippen LogP contribution in [0.15, 0.2) is 72.1 Å². The number of esters is 1. The Labute approximate surface area is 204 Å². The summed E-state index contributed by atoms with van der Waals surface area (Å²) in [5.41, 5.74) is 10.1. The molecule has 0 aliphatic carbocycles. The van der Waals surface area contributed by atoms with Crippen LogP contribution in [0.3, 0.4) is 0 Å². The molecule has 2 N–H and O–H groups in total. The quantitative estimate of drug-likeness (QED) is 0.387. The number of nitriles is 1. The highest BCUT2D eigenvalue weighted by Crippen LogP contribution is 2.43. The monoisotopic (exact) mass is 470 g/mol. The number of hydrogen-bond donors (Lipinski definition) is 1. The lowest BCUT2D eigenvalue weighted by Crippen LogP contribution is -2.21. The molecule has 3 aromatic rings. The summed E-state index contributed by atoms with van der Waals surface area (Å²) >= 11 is 0. The molecule has 0 radical (unpaired) electrons. The first-order valence-electron chi connectivity index (χ1n) is 11.2. The molecule has 0 saturated heterocycles. The molecule has 1 atom stereocenters. The first-order chi connectivity index (χ1) is 16.9. The summed E-state index contributed by atoms with van der Waals surface area (Å²) in [6, 6.07) is 20.4. The summed E-state index contributed by atoms with van der Waals surface area (Å²) in [6.45, 7) is 6.16. The van der Waals surface area contributed by atoms with Crippen LogP contribution in [0.1, 0.15) is 35.1 Å². The molecule has 178 valence electrons. The highest BCUT2D eigenvalue weighted by molar-refractivity contribution is 5.74. The second kappa shape index (κ2) is 10.2. The summed E-state index contributed by atoms with van der Waals surface area (Å²) in [4.78, 5) is 12.4. The Kier molecular flexibility index (Phi) is 6.93. The van der Waals surface area contributed by atoms with Crippen molar-refractivity contribution < 1.29 is 23.7 Å². The van der Waals surface area contributed by atoms with E-state index in [1.165, 1.54) is 0 Å². The van der Waals surface area contributed by atoms with E-state index in [0.717, 1.165) is 28.0 Å². The molecule has 0 spiro atoms. The van der Waals surface area contributed by atoms with Gasteiger partial charge in [0.1, 0.15) is 34.6 Å². The van der Waals surface area contributed by atoms with E-state index in [4.69, 9.17) is 24.7 Å². The van der Waals surface area contributed by atoms with Gasteiger partial charge >= 0.3 is 5.97 Å². The minimum absolute atomic E-state index is 0.0144. The molecular weight excluding hydrogens is 444 g/mol. The molecular formula is C28H26N2O5. The smallest absolute Gasteiger partial charge is 0.349 e. The van der Waals surface area contributed by atoms with E-state index in [2.05, 4.69) is 6.07 Å². The Hall–Kier alpha value is -4.44. The normalized spacial score (nSPS) is 14.4. The van der Waals surface area contributed by atoms with Gasteiger partial charge in [0, 0.05) is 11.6 Å². The first-order valence-corrected chi connectivity index (χ1v) is 11.2. The lowest BCUT2D eigenvalue weighted by molar-refractivity contribution is -0.136. The molecule has 0 bridgehead atoms. The number of allylic oxidation sites excluding steroid dienone is 1. The Morgan fingerprint density at radius 2 is 1.66 bits per heavy atom. The summed E-state index contributed by atoms with van der Waals surface area (Å²) in [5.74, 6) is 1.09. The van der Waals surface area contributed by atoms with Crippen LogP contribution in [0.4, 0.5) is 0 Å². The maximum atomic E-state index is 12.4. The fraction of sp³-hybridized carbons (Fsp3) is 0.214. The molecule has 0 aromatic heterocycles. The molecule has 35 heavy (non-hydrogen) atoms. The van der Waals surface area contributed by atoms with Crippen LogP contribution in [0.25, 0.3) is 0 Å². The maximum absolute atomic E-state index is 12.4. The van der Waals surface area contributed by atoms with E-state index in [0.29, 0.717) is 23.7 Å². The number of carbonyl (C=O) groups excluding carboxylic acids is 1. The highest BCUT2D eigenvalue weighted by Gasteiger charge is 2.31. The Morgan fingerprint density at radius 3 is 2.31 bits per heavy atom. The molecule has 1 heterocycles. The van der Waals surface area contributed by atoms with Crippen molar-refractivity contribution in [2.24, 2.45) is 5.73 Å². The predicted molar refractivity (Wildman–Crippen MR) is 130 cm³/mol. The number of hydrogen-bond acceptors (Lipinski definition) is 7. The van der Waals surface area contributed by atoms with Crippen molar-refractivity contribution in [3.05, 3.63) is 94.4 Å². The van der Waals surface area contributed by atoms with E-state index in [-0.39, 0.29) is 18.2 Å². The largest absolute Gasteiger partial charge is 0.494 e. The fourth-order valence-electron chi connectivity index (χ4n) is 4.08. The zero-order valence-corrected chi connectivity index (χ0v) is 19.8. The molecule has 1 aliphatic rings. The van der Waals surface area contributed by atoms with E-state index in [1.807, 2.05) is 63.2 Å². The van der Waals surface area contributed by atoms with Crippen molar-refractivity contribution in [1.82, 2.24) is 0 Å². The van der Waals surface area contributed by atoms with Gasteiger partial charge < -0.3 is 24.7 Å². The number of rotatable bonds is 7. The van der Waals surface area contributed by atoms with Gasteiger partial charge in [0.2, 0.25) is 5.88 Å². The second-order valence-electron chi connectivity index (χ2n) is 8.21. The van der Waals surface area contributed by atoms with Gasteiger partial charge in [0.25, 0.3) is 0 Å². The maximum Gasteiger partial charge on any atom is 0.349 e. The van der Waals surface area contributed by atoms with Gasteiger partial charge in [-0.25, -0.2) is 4.79 Å². The number of aryl methyl sites for hydroxylation is 2. The molecule has 0 saturated carbocycles. The van der Waals surface area contributed by atoms with Crippen LogP contribution >= 0.6 is 0 Å². The Balaban J connectivity index is 1.53. The van der Waals surface area contributed by atoms with Gasteiger partial charge in [-0.15, -0.1) is 0 Å². The zero-order valence-electron chi connectivity index (χ0n) is 19.8. The summed E-state index contributed by atoms with van der Waals surface area (Å²) in [6.07, 6.45) is 0. The molecule has 3 aromatic carbocycles. The topological polar surface area (TPSA) is 104 Å². The third kappa shape index (κ3) is 5.39. The Bertz CT molecular complexity index is 1300. The molecule has 0 fully saturated rings. The average molecular weight is 471 g/mol. The van der Waals surface area contributed by atoms with Gasteiger partial charge in [0.05, 0.1) is 12.5 Å². The van der Waals surface area contributed by atoms with E-state index in [9.17, 15) is 10.1 Å². The molecule has 7 nitrogen and oxygen atoms in total. The number of ether oxygens (including phenoxy) is 4. The molecule has 1 unspecified atom stereocenters. The van der Waals surface area contributed by atoms with Crippen molar-refractivity contribution in [2.75, 3.05) is 13.2 Å². The number of benzene rings is 3. The van der Waals surface area contributed by atoms with E-state index in [1.54, 1.807) is 18.2 Å². The average Bonchev–Trinajstić information content (AvgIpc) is 2.82. The van der Waals surface area contributed by atoms with Gasteiger partial charge in [-0.2, -0.15) is 5.26 Å². The molecule has 7 heteroatoms. The SMILES string of the molecule is CCOc1ccc(C2C(C#N)=C(N)Oc3cc(OC(=O)COc4cc(C)cc(C)c4)ccc32)cc1. The minimum Gasteiger partial charge on any atom is -0.494 e. The standard InChI is InChI=1S/C28H26N2O5/c1-4-32-20-7-5-19(6-8-20)27-23-10-9-21(14-25(23)35-28(30)24(27)15-29)34-26(31)16-33-22-12-17(2)11-18(3)13-22/h5-14,27H,4,16,30H2,1-3H3. The number of nitrogens with two attached hydrogens (primary N) is 1. The lowest BCUT2D eigenvalue weighted by Gasteiger charge is -2.26. The van der Waals surface area contributed by atoms with Crippen LogP contribution in [0.2, 0.25) is 0 Å². The van der Waals surface area contributed by atoms with E-state index < -0.39 is 11.9 Å². The summed E-state index contributed by atoms with van der Waals surface area (Å²) in [7, 11) is 0. The van der Waals surface area contributed by atoms with Crippen LogP contribution < -0.4 is 24.7 Å². The van der Waals surface area contributed by atoms with Crippen molar-refractivity contribution in [3.8, 4) is 29.1 Å². The number of carbonyl (C=O) groups is 1. The van der Waals surface area contributed by atoms with Gasteiger partial charge in [-0.05, 0) is 67.8 Å². The summed E-state index contributed by atoms with van der Waals surface area (Å²) in [5, 5.41) is 9.74. The van der Waals surface area contributed by atoms with Gasteiger partial charge in [-0.3, -0.25) is 0 Å². The second-order valence-corrected chi connectivity index (χ2v) is 8.21. The van der Waals surface area contributed by atoms with Crippen LogP contribution in [0, 0.1) is 25.2 Å². The minimum atomic E-state index is -0.552. The van der Waals surface area contributed by atoms with Crippen molar-refractivity contribution >= 4 is 5.97 Å².